The lowest BCUT2D eigenvalue weighted by Crippen LogP contribution is -2.33. The molecule has 3 aromatic rings. The number of hydrazine groups is 1. The number of para-hydroxylation sites is 1. The number of nitrogens with zero attached hydrogens (tertiary/aromatic N) is 1. The molecule has 1 aliphatic rings. The number of benzene rings is 3. The van der Waals surface area contributed by atoms with Gasteiger partial charge < -0.3 is 5.43 Å². The van der Waals surface area contributed by atoms with Gasteiger partial charge in [-0.15, -0.1) is 0 Å². The summed E-state index contributed by atoms with van der Waals surface area (Å²) in [5.41, 5.74) is 4.98. The van der Waals surface area contributed by atoms with Crippen LogP contribution in [0.3, 0.4) is 0 Å². The van der Waals surface area contributed by atoms with Gasteiger partial charge in [-0.1, -0.05) is 48.5 Å². The molecule has 1 atom stereocenters. The topological polar surface area (TPSA) is 15.3 Å². The normalized spacial score (nSPS) is 16.3. The third kappa shape index (κ3) is 3.33. The van der Waals surface area contributed by atoms with Crippen LogP contribution in [0.15, 0.2) is 85.1 Å². The molecular formula is C22H16F4N2. The summed E-state index contributed by atoms with van der Waals surface area (Å²) in [6.07, 6.45) is -0.805. The largest absolute Gasteiger partial charge is 0.416 e. The van der Waals surface area contributed by atoms with Crippen molar-refractivity contribution < 1.29 is 17.6 Å². The van der Waals surface area contributed by atoms with E-state index in [9.17, 15) is 17.6 Å². The van der Waals surface area contributed by atoms with Crippen LogP contribution in [0.5, 0.6) is 0 Å². The van der Waals surface area contributed by atoms with E-state index in [0.717, 1.165) is 17.8 Å². The van der Waals surface area contributed by atoms with E-state index >= 15 is 0 Å². The van der Waals surface area contributed by atoms with Crippen LogP contribution in [0.2, 0.25) is 0 Å². The monoisotopic (exact) mass is 384 g/mol. The Morgan fingerprint density at radius 1 is 0.786 bits per heavy atom. The molecule has 0 aromatic heterocycles. The van der Waals surface area contributed by atoms with Crippen LogP contribution >= 0.6 is 0 Å². The number of hydrogen-bond acceptors (Lipinski definition) is 2. The van der Waals surface area contributed by atoms with Crippen molar-refractivity contribution in [3.8, 4) is 11.1 Å². The summed E-state index contributed by atoms with van der Waals surface area (Å²) >= 11 is 0. The summed E-state index contributed by atoms with van der Waals surface area (Å²) in [6.45, 7) is 0. The summed E-state index contributed by atoms with van der Waals surface area (Å²) in [7, 11) is 0. The van der Waals surface area contributed by atoms with E-state index in [-0.39, 0.29) is 11.9 Å². The summed E-state index contributed by atoms with van der Waals surface area (Å²) < 4.78 is 52.9. The Balaban J connectivity index is 1.72. The zero-order valence-electron chi connectivity index (χ0n) is 14.6. The first kappa shape index (κ1) is 18.1. The van der Waals surface area contributed by atoms with Crippen LogP contribution in [0.4, 0.5) is 23.2 Å². The quantitative estimate of drug-likeness (QED) is 0.550. The third-order valence-corrected chi connectivity index (χ3v) is 4.68. The zero-order chi connectivity index (χ0) is 19.7. The van der Waals surface area contributed by atoms with Crippen LogP contribution in [0, 0.1) is 5.82 Å². The minimum Gasteiger partial charge on any atom is -0.305 e. The number of nitrogens with one attached hydrogen (secondary N) is 1. The summed E-state index contributed by atoms with van der Waals surface area (Å²) in [5.74, 6) is -0.340. The maximum Gasteiger partial charge on any atom is 0.416 e. The third-order valence-electron chi connectivity index (χ3n) is 4.68. The van der Waals surface area contributed by atoms with E-state index in [1.165, 1.54) is 18.2 Å². The molecule has 142 valence electrons. The maximum atomic E-state index is 14.4. The summed E-state index contributed by atoms with van der Waals surface area (Å²) in [6, 6.07) is 18.6. The molecule has 0 spiro atoms. The molecule has 1 N–H and O–H groups in total. The highest BCUT2D eigenvalue weighted by Gasteiger charge is 2.31. The van der Waals surface area contributed by atoms with Gasteiger partial charge in [0.15, 0.2) is 0 Å². The SMILES string of the molecule is Fc1ccccc1-c1ccccc1N1NC=CC1c1ccc(C(F)(F)F)cc1. The Bertz CT molecular complexity index is 1010. The number of alkyl halides is 3. The van der Waals surface area contributed by atoms with E-state index in [1.54, 1.807) is 24.4 Å². The second-order valence-corrected chi connectivity index (χ2v) is 6.42. The van der Waals surface area contributed by atoms with E-state index in [1.807, 2.05) is 35.4 Å². The van der Waals surface area contributed by atoms with Gasteiger partial charge in [-0.25, -0.2) is 4.39 Å². The number of rotatable bonds is 3. The molecule has 1 heterocycles. The van der Waals surface area contributed by atoms with Gasteiger partial charge in [0.25, 0.3) is 0 Å². The minimum absolute atomic E-state index is 0.324. The predicted octanol–water partition coefficient (Wildman–Crippen LogP) is 6.09. The molecule has 28 heavy (non-hydrogen) atoms. The lowest BCUT2D eigenvalue weighted by Gasteiger charge is -2.29. The average Bonchev–Trinajstić information content (AvgIpc) is 3.17. The first-order chi connectivity index (χ1) is 13.4. The van der Waals surface area contributed by atoms with Crippen molar-refractivity contribution >= 4 is 5.69 Å². The van der Waals surface area contributed by atoms with Crippen molar-refractivity contribution in [1.29, 1.82) is 0 Å². The molecule has 0 bridgehead atoms. The van der Waals surface area contributed by atoms with Gasteiger partial charge in [-0.3, -0.25) is 5.01 Å². The van der Waals surface area contributed by atoms with E-state index in [0.29, 0.717) is 16.7 Å². The molecule has 0 saturated heterocycles. The van der Waals surface area contributed by atoms with Crippen molar-refractivity contribution in [2.24, 2.45) is 0 Å². The first-order valence-corrected chi connectivity index (χ1v) is 8.68. The lowest BCUT2D eigenvalue weighted by molar-refractivity contribution is -0.137. The standard InChI is InChI=1S/C22H16F4N2/c23-19-7-3-1-5-17(19)18-6-2-4-8-21(18)28-20(13-14-27-28)15-9-11-16(12-10-15)22(24,25)26/h1-14,20,27H. The van der Waals surface area contributed by atoms with Crippen molar-refractivity contribution in [3.63, 3.8) is 0 Å². The smallest absolute Gasteiger partial charge is 0.305 e. The molecule has 3 aromatic carbocycles. The maximum absolute atomic E-state index is 14.4. The summed E-state index contributed by atoms with van der Waals surface area (Å²) in [5, 5.41) is 1.81. The average molecular weight is 384 g/mol. The van der Waals surface area contributed by atoms with Gasteiger partial charge in [0.05, 0.1) is 17.3 Å². The molecule has 0 aliphatic carbocycles. The molecule has 0 fully saturated rings. The Labute approximate surface area is 159 Å². The van der Waals surface area contributed by atoms with Crippen LogP contribution in [-0.4, -0.2) is 0 Å². The predicted molar refractivity (Wildman–Crippen MR) is 101 cm³/mol. The van der Waals surface area contributed by atoms with E-state index < -0.39 is 11.7 Å². The fraction of sp³-hybridized carbons (Fsp3) is 0.0909. The van der Waals surface area contributed by atoms with Crippen LogP contribution in [0.1, 0.15) is 17.2 Å². The highest BCUT2D eigenvalue weighted by Crippen LogP contribution is 2.38. The van der Waals surface area contributed by atoms with Gasteiger partial charge in [0.1, 0.15) is 5.82 Å². The molecule has 6 heteroatoms. The minimum atomic E-state index is -4.38. The van der Waals surface area contributed by atoms with Crippen LogP contribution < -0.4 is 10.4 Å². The lowest BCUT2D eigenvalue weighted by atomic mass is 10.00. The van der Waals surface area contributed by atoms with Gasteiger partial charge in [0.2, 0.25) is 0 Å². The Morgan fingerprint density at radius 3 is 2.11 bits per heavy atom. The van der Waals surface area contributed by atoms with Crippen molar-refractivity contribution in [3.05, 3.63) is 102 Å². The fourth-order valence-corrected chi connectivity index (χ4v) is 3.32. The molecule has 0 radical (unpaired) electrons. The van der Waals surface area contributed by atoms with Crippen LogP contribution in [-0.2, 0) is 6.18 Å². The number of halogens is 4. The van der Waals surface area contributed by atoms with E-state index in [2.05, 4.69) is 5.43 Å². The van der Waals surface area contributed by atoms with Crippen molar-refractivity contribution in [2.45, 2.75) is 12.2 Å². The molecular weight excluding hydrogens is 368 g/mol. The summed E-state index contributed by atoms with van der Waals surface area (Å²) in [4.78, 5) is 0. The Morgan fingerprint density at radius 2 is 1.43 bits per heavy atom. The highest BCUT2D eigenvalue weighted by molar-refractivity contribution is 5.79. The van der Waals surface area contributed by atoms with Gasteiger partial charge in [-0.05, 0) is 35.9 Å². The number of hydrogen-bond donors (Lipinski definition) is 1. The second-order valence-electron chi connectivity index (χ2n) is 6.42. The molecule has 0 saturated carbocycles. The molecule has 1 unspecified atom stereocenters. The van der Waals surface area contributed by atoms with Gasteiger partial charge in [0, 0.05) is 17.3 Å². The Hall–Kier alpha value is -3.28. The number of anilines is 1. The zero-order valence-corrected chi connectivity index (χ0v) is 14.6. The molecule has 1 aliphatic heterocycles. The van der Waals surface area contributed by atoms with Crippen molar-refractivity contribution in [2.75, 3.05) is 5.01 Å². The van der Waals surface area contributed by atoms with Crippen LogP contribution in [0.25, 0.3) is 11.1 Å². The first-order valence-electron chi connectivity index (χ1n) is 8.68. The molecule has 2 nitrogen and oxygen atoms in total. The Kier molecular flexibility index (Phi) is 4.55. The fourth-order valence-electron chi connectivity index (χ4n) is 3.32. The van der Waals surface area contributed by atoms with Gasteiger partial charge >= 0.3 is 6.18 Å². The molecule has 0 amide bonds. The van der Waals surface area contributed by atoms with E-state index in [4.69, 9.17) is 0 Å². The van der Waals surface area contributed by atoms with Gasteiger partial charge in [-0.2, -0.15) is 13.2 Å². The second kappa shape index (κ2) is 7.03. The van der Waals surface area contributed by atoms with Crippen molar-refractivity contribution in [1.82, 2.24) is 5.43 Å². The molecule has 4 rings (SSSR count). The highest BCUT2D eigenvalue weighted by atomic mass is 19.4.